The van der Waals surface area contributed by atoms with E-state index in [9.17, 15) is 19.2 Å². The number of ether oxygens (including phenoxy) is 1. The van der Waals surface area contributed by atoms with Crippen molar-refractivity contribution >= 4 is 37.4 Å². The number of aromatic carboxylic acids is 1. The molecule has 0 bridgehead atoms. The molecule has 2 unspecified atom stereocenters. The average Bonchev–Trinajstić information content (AvgIpc) is 3.71. The molecule has 0 aliphatic heterocycles. The van der Waals surface area contributed by atoms with Gasteiger partial charge in [-0.2, -0.15) is 0 Å². The van der Waals surface area contributed by atoms with Crippen molar-refractivity contribution in [1.82, 2.24) is 0 Å². The van der Waals surface area contributed by atoms with Crippen LogP contribution >= 0.6 is 7.92 Å². The SMILES string of the molecule is C.CC1(C(=O)O)CC1.CCC(C)C(=O)Nc1ccc(C(=O)O)cc1.CCP(CC)CC.[CH2+]CCOC(=O)C(C)CC.[Cl-]. The lowest BCUT2D eigenvalue weighted by Crippen LogP contribution is -3.00. The van der Waals surface area contributed by atoms with Gasteiger partial charge in [0, 0.05) is 11.6 Å². The van der Waals surface area contributed by atoms with E-state index in [4.69, 9.17) is 14.9 Å². The Morgan fingerprint density at radius 2 is 1.38 bits per heavy atom. The van der Waals surface area contributed by atoms with Crippen LogP contribution in [0.5, 0.6) is 0 Å². The van der Waals surface area contributed by atoms with Gasteiger partial charge < -0.3 is 32.7 Å². The second-order valence-corrected chi connectivity index (χ2v) is 13.2. The van der Waals surface area contributed by atoms with Crippen LogP contribution in [-0.4, -0.2) is 59.1 Å². The van der Waals surface area contributed by atoms with E-state index in [2.05, 4.69) is 33.0 Å². The first-order valence-electron chi connectivity index (χ1n) is 14.3. The van der Waals surface area contributed by atoms with Crippen molar-refractivity contribution in [3.05, 3.63) is 36.8 Å². The van der Waals surface area contributed by atoms with Crippen LogP contribution in [0.3, 0.4) is 0 Å². The fourth-order valence-electron chi connectivity index (χ4n) is 2.70. The maximum absolute atomic E-state index is 11.5. The third kappa shape index (κ3) is 21.4. The van der Waals surface area contributed by atoms with Crippen LogP contribution in [0, 0.1) is 24.2 Å². The van der Waals surface area contributed by atoms with Crippen LogP contribution in [-0.2, 0) is 19.1 Å². The van der Waals surface area contributed by atoms with Gasteiger partial charge >= 0.3 is 17.9 Å². The van der Waals surface area contributed by atoms with E-state index in [0.717, 1.165) is 25.7 Å². The Balaban J connectivity index is -0.000000241. The van der Waals surface area contributed by atoms with Crippen LogP contribution in [0.25, 0.3) is 0 Å². The molecule has 1 aromatic carbocycles. The zero-order valence-corrected chi connectivity index (χ0v) is 27.9. The monoisotopic (exact) mass is 633 g/mol. The van der Waals surface area contributed by atoms with Crippen LogP contribution in [0.2, 0.25) is 0 Å². The molecule has 244 valence electrons. The van der Waals surface area contributed by atoms with Crippen LogP contribution < -0.4 is 17.7 Å². The first-order valence-corrected chi connectivity index (χ1v) is 16.2. The summed E-state index contributed by atoms with van der Waals surface area (Å²) in [7, 11) is 0.446. The highest BCUT2D eigenvalue weighted by molar-refractivity contribution is 7.57. The van der Waals surface area contributed by atoms with E-state index in [0.29, 0.717) is 26.6 Å². The average molecular weight is 634 g/mol. The molecule has 10 heteroatoms. The molecule has 1 amide bonds. The topological polar surface area (TPSA) is 130 Å². The molecule has 1 aliphatic carbocycles. The number of benzene rings is 1. The number of amides is 1. The summed E-state index contributed by atoms with van der Waals surface area (Å²) in [6.07, 6.45) is 8.26. The summed E-state index contributed by atoms with van der Waals surface area (Å²) in [4.78, 5) is 43.1. The molecule has 3 N–H and O–H groups in total. The number of carbonyl (C=O) groups is 4. The Bertz CT molecular complexity index is 867. The zero-order chi connectivity index (χ0) is 31.3. The molecule has 1 fully saturated rings. The molecular weight excluding hydrogens is 577 g/mol. The number of aliphatic carboxylic acids is 1. The molecule has 0 spiro atoms. The maximum atomic E-state index is 11.5. The quantitative estimate of drug-likeness (QED) is 0.164. The number of carbonyl (C=O) groups excluding carboxylic acids is 2. The van der Waals surface area contributed by atoms with Gasteiger partial charge in [0.25, 0.3) is 0 Å². The molecule has 2 atom stereocenters. The molecule has 2 rings (SSSR count). The van der Waals surface area contributed by atoms with E-state index in [1.807, 2.05) is 27.7 Å². The van der Waals surface area contributed by atoms with Crippen molar-refractivity contribution in [2.45, 2.75) is 94.9 Å². The summed E-state index contributed by atoms with van der Waals surface area (Å²) >= 11 is 0. The minimum atomic E-state index is -0.972. The van der Waals surface area contributed by atoms with Crippen LogP contribution in [0.1, 0.15) is 105 Å². The third-order valence-corrected chi connectivity index (χ3v) is 9.40. The molecular formula is C32H57ClNO7P. The van der Waals surface area contributed by atoms with Crippen molar-refractivity contribution in [3.63, 3.8) is 0 Å². The number of esters is 1. The molecule has 42 heavy (non-hydrogen) atoms. The van der Waals surface area contributed by atoms with Gasteiger partial charge in [-0.15, -0.1) is 7.92 Å². The van der Waals surface area contributed by atoms with E-state index in [-0.39, 0.29) is 54.5 Å². The Hall–Kier alpha value is -2.31. The molecule has 0 saturated heterocycles. The van der Waals surface area contributed by atoms with Crippen molar-refractivity contribution < 1.29 is 46.5 Å². The second-order valence-electron chi connectivity index (χ2n) is 10.00. The van der Waals surface area contributed by atoms with Crippen molar-refractivity contribution in [2.75, 3.05) is 30.4 Å². The highest BCUT2D eigenvalue weighted by atomic mass is 35.5. The van der Waals surface area contributed by atoms with Crippen LogP contribution in [0.15, 0.2) is 24.3 Å². The molecule has 0 radical (unpaired) electrons. The predicted molar refractivity (Wildman–Crippen MR) is 172 cm³/mol. The summed E-state index contributed by atoms with van der Waals surface area (Å²) in [5.41, 5.74) is 0.497. The lowest BCUT2D eigenvalue weighted by atomic mass is 10.1. The smallest absolute Gasteiger partial charge is 0.335 e. The Kier molecular flexibility index (Phi) is 29.2. The van der Waals surface area contributed by atoms with Gasteiger partial charge in [0.2, 0.25) is 5.91 Å². The molecule has 0 heterocycles. The Morgan fingerprint density at radius 1 is 0.929 bits per heavy atom. The first kappa shape index (κ1) is 46.6. The largest absolute Gasteiger partial charge is 1.00 e. The molecule has 0 aromatic heterocycles. The van der Waals surface area contributed by atoms with Gasteiger partial charge in [-0.05, 0) is 75.4 Å². The number of hydrogen-bond acceptors (Lipinski definition) is 5. The Labute approximate surface area is 262 Å². The van der Waals surface area contributed by atoms with Gasteiger partial charge in [-0.3, -0.25) is 14.4 Å². The number of nitrogens with one attached hydrogen (secondary N) is 1. The maximum Gasteiger partial charge on any atom is 0.335 e. The molecule has 8 nitrogen and oxygen atoms in total. The van der Waals surface area contributed by atoms with E-state index in [1.165, 1.54) is 30.6 Å². The number of halogens is 1. The zero-order valence-electron chi connectivity index (χ0n) is 26.3. The van der Waals surface area contributed by atoms with Gasteiger partial charge in [-0.1, -0.05) is 55.9 Å². The van der Waals surface area contributed by atoms with E-state index < -0.39 is 11.9 Å². The lowest BCUT2D eigenvalue weighted by molar-refractivity contribution is -0.148. The second kappa shape index (κ2) is 26.3. The lowest BCUT2D eigenvalue weighted by Gasteiger charge is -2.09. The normalized spacial score (nSPS) is 13.3. The van der Waals surface area contributed by atoms with E-state index in [1.54, 1.807) is 19.1 Å². The summed E-state index contributed by atoms with van der Waals surface area (Å²) in [5, 5.41) is 19.7. The number of carboxylic acid groups (broad SMARTS) is 2. The number of anilines is 1. The first-order chi connectivity index (χ1) is 18.8. The third-order valence-electron chi connectivity index (χ3n) is 6.72. The highest BCUT2D eigenvalue weighted by Gasteiger charge is 2.44. The molecule has 1 saturated carbocycles. The van der Waals surface area contributed by atoms with Gasteiger partial charge in [0.05, 0.1) is 23.8 Å². The summed E-state index contributed by atoms with van der Waals surface area (Å²) in [5.74, 6) is -1.78. The Morgan fingerprint density at radius 3 is 1.64 bits per heavy atom. The fraction of sp³-hybridized carbons (Fsp3) is 0.656. The minimum Gasteiger partial charge on any atom is -1.00 e. The standard InChI is InChI=1S/C12H15NO3.C8H15O2.C6H15P.C5H8O2.CH4.ClH/c1-3-8(2)11(14)13-10-6-4-9(5-7-10)12(15)16;1-4-6-10-8(9)7(3)5-2;1-4-7(5-2)6-3;1-5(2-3-5)4(6)7;;/h4-8H,3H2,1-2H3,(H,13,14)(H,15,16);7H,1,4-6H2,2-3H3;4-6H2,1-3H3;2-3H2,1H3,(H,6,7);1H4;1H/q;+1;;;;/p-1. The van der Waals surface area contributed by atoms with Crippen LogP contribution in [0.4, 0.5) is 5.69 Å². The molecule has 1 aliphatic rings. The number of hydrogen-bond donors (Lipinski definition) is 3. The number of carboxylic acids is 2. The van der Waals surface area contributed by atoms with Gasteiger partial charge in [0.15, 0.2) is 0 Å². The van der Waals surface area contributed by atoms with Crippen molar-refractivity contribution in [2.24, 2.45) is 17.3 Å². The van der Waals surface area contributed by atoms with E-state index >= 15 is 0 Å². The van der Waals surface area contributed by atoms with Gasteiger partial charge in [0.1, 0.15) is 13.0 Å². The molecule has 1 aromatic rings. The van der Waals surface area contributed by atoms with Crippen molar-refractivity contribution in [1.29, 1.82) is 0 Å². The van der Waals surface area contributed by atoms with Crippen molar-refractivity contribution in [3.8, 4) is 0 Å². The number of rotatable bonds is 12. The fourth-order valence-corrected chi connectivity index (χ4v) is 4.04. The summed E-state index contributed by atoms with van der Waals surface area (Å²) in [6.45, 7) is 20.3. The summed E-state index contributed by atoms with van der Waals surface area (Å²) in [6, 6.07) is 6.11. The highest BCUT2D eigenvalue weighted by Crippen LogP contribution is 2.44. The predicted octanol–water partition coefficient (Wildman–Crippen LogP) is 5.21. The summed E-state index contributed by atoms with van der Waals surface area (Å²) < 4.78 is 4.84. The minimum absolute atomic E-state index is 0. The van der Waals surface area contributed by atoms with Gasteiger partial charge in [-0.25, -0.2) is 4.79 Å².